The van der Waals surface area contributed by atoms with Crippen LogP contribution < -0.4 is 9.47 Å². The van der Waals surface area contributed by atoms with E-state index in [1.165, 1.54) is 6.07 Å². The fourth-order valence-electron chi connectivity index (χ4n) is 2.42. The first-order valence-electron chi connectivity index (χ1n) is 8.03. The summed E-state index contributed by atoms with van der Waals surface area (Å²) in [7, 11) is 1.59. The maximum absolute atomic E-state index is 9.91. The van der Waals surface area contributed by atoms with E-state index in [4.69, 9.17) is 21.1 Å². The van der Waals surface area contributed by atoms with Crippen LogP contribution in [0.5, 0.6) is 17.2 Å². The molecule has 3 rings (SSSR count). The van der Waals surface area contributed by atoms with Gasteiger partial charge in [-0.1, -0.05) is 48.0 Å². The molecule has 5 heteroatoms. The second kappa shape index (κ2) is 8.41. The van der Waals surface area contributed by atoms with E-state index in [1.807, 2.05) is 48.5 Å². The van der Waals surface area contributed by atoms with Crippen molar-refractivity contribution in [3.05, 3.63) is 82.9 Å². The minimum atomic E-state index is 0.0558. The molecule has 0 fully saturated rings. The number of aliphatic imine (C=N–C) groups is 1. The summed E-state index contributed by atoms with van der Waals surface area (Å²) in [5.41, 5.74) is 2.17. The number of hydrogen-bond acceptors (Lipinski definition) is 4. The summed E-state index contributed by atoms with van der Waals surface area (Å²) >= 11 is 5.97. The first kappa shape index (κ1) is 17.8. The number of benzene rings is 3. The Morgan fingerprint density at radius 3 is 2.62 bits per heavy atom. The van der Waals surface area contributed by atoms with E-state index in [2.05, 4.69) is 4.99 Å². The number of hydrogen-bond donors (Lipinski definition) is 1. The Kier molecular flexibility index (Phi) is 5.77. The average Bonchev–Trinajstić information content (AvgIpc) is 2.68. The highest BCUT2D eigenvalue weighted by atomic mass is 35.5. The second-order valence-corrected chi connectivity index (χ2v) is 5.98. The predicted octanol–water partition coefficient (Wildman–Crippen LogP) is 5.38. The molecule has 0 spiro atoms. The molecule has 3 aromatic carbocycles. The van der Waals surface area contributed by atoms with Crippen molar-refractivity contribution in [2.24, 2.45) is 4.99 Å². The van der Waals surface area contributed by atoms with Crippen molar-refractivity contribution >= 4 is 23.5 Å². The van der Waals surface area contributed by atoms with E-state index in [9.17, 15) is 5.11 Å². The molecule has 132 valence electrons. The number of phenolic OH excluding ortho intramolecular Hbond substituents is 1. The number of aromatic hydroxyl groups is 1. The van der Waals surface area contributed by atoms with Crippen LogP contribution >= 0.6 is 11.6 Å². The quantitative estimate of drug-likeness (QED) is 0.595. The molecule has 0 aliphatic carbocycles. The number of ether oxygens (including phenoxy) is 2. The molecular weight excluding hydrogens is 350 g/mol. The van der Waals surface area contributed by atoms with Gasteiger partial charge in [-0.05, 0) is 35.9 Å². The van der Waals surface area contributed by atoms with Crippen molar-refractivity contribution in [2.45, 2.75) is 6.61 Å². The summed E-state index contributed by atoms with van der Waals surface area (Å²) in [4.78, 5) is 4.33. The monoisotopic (exact) mass is 367 g/mol. The van der Waals surface area contributed by atoms with Gasteiger partial charge in [0, 0.05) is 16.8 Å². The first-order valence-corrected chi connectivity index (χ1v) is 8.41. The molecule has 0 saturated carbocycles. The highest BCUT2D eigenvalue weighted by molar-refractivity contribution is 6.30. The molecule has 3 aromatic rings. The molecule has 0 amide bonds. The maximum atomic E-state index is 9.91. The summed E-state index contributed by atoms with van der Waals surface area (Å²) in [6.45, 7) is 0.407. The lowest BCUT2D eigenvalue weighted by Crippen LogP contribution is -2.00. The van der Waals surface area contributed by atoms with Crippen LogP contribution in [0.1, 0.15) is 11.1 Å². The summed E-state index contributed by atoms with van der Waals surface area (Å²) in [6, 6.07) is 20.1. The Balaban J connectivity index is 1.89. The van der Waals surface area contributed by atoms with Crippen molar-refractivity contribution in [1.29, 1.82) is 0 Å². The number of methoxy groups -OCH3 is 1. The van der Waals surface area contributed by atoms with E-state index in [0.29, 0.717) is 28.8 Å². The summed E-state index contributed by atoms with van der Waals surface area (Å²) < 4.78 is 11.4. The van der Waals surface area contributed by atoms with Gasteiger partial charge in [0.1, 0.15) is 18.0 Å². The van der Waals surface area contributed by atoms with Crippen LogP contribution in [0.4, 0.5) is 5.69 Å². The zero-order chi connectivity index (χ0) is 18.4. The zero-order valence-corrected chi connectivity index (χ0v) is 15.0. The Morgan fingerprint density at radius 2 is 1.85 bits per heavy atom. The van der Waals surface area contributed by atoms with Gasteiger partial charge in [0.2, 0.25) is 0 Å². The smallest absolute Gasteiger partial charge is 0.170 e. The van der Waals surface area contributed by atoms with E-state index in [-0.39, 0.29) is 5.75 Å². The zero-order valence-electron chi connectivity index (χ0n) is 14.2. The van der Waals surface area contributed by atoms with Crippen LogP contribution in [0.15, 0.2) is 71.7 Å². The fourth-order valence-corrected chi connectivity index (χ4v) is 2.58. The largest absolute Gasteiger partial charge is 0.506 e. The lowest BCUT2D eigenvalue weighted by atomic mass is 10.2. The molecule has 0 unspecified atom stereocenters. The van der Waals surface area contributed by atoms with Crippen LogP contribution in [0, 0.1) is 0 Å². The van der Waals surface area contributed by atoms with E-state index in [0.717, 1.165) is 11.1 Å². The Hall–Kier alpha value is -2.98. The van der Waals surface area contributed by atoms with Gasteiger partial charge in [-0.2, -0.15) is 0 Å². The van der Waals surface area contributed by atoms with Crippen LogP contribution in [0.25, 0.3) is 0 Å². The van der Waals surface area contributed by atoms with Gasteiger partial charge < -0.3 is 14.6 Å². The topological polar surface area (TPSA) is 51.0 Å². The molecule has 0 bridgehead atoms. The molecule has 0 atom stereocenters. The van der Waals surface area contributed by atoms with Crippen molar-refractivity contribution in [1.82, 2.24) is 0 Å². The summed E-state index contributed by atoms with van der Waals surface area (Å²) in [6.07, 6.45) is 1.62. The van der Waals surface area contributed by atoms with Gasteiger partial charge in [0.25, 0.3) is 0 Å². The Labute approximate surface area is 157 Å². The molecule has 0 aliphatic rings. The number of rotatable bonds is 6. The van der Waals surface area contributed by atoms with E-state index in [1.54, 1.807) is 25.5 Å². The first-order chi connectivity index (χ1) is 12.7. The molecule has 26 heavy (non-hydrogen) atoms. The molecule has 0 aliphatic heterocycles. The normalized spacial score (nSPS) is 10.8. The Morgan fingerprint density at radius 1 is 1.04 bits per heavy atom. The van der Waals surface area contributed by atoms with Gasteiger partial charge in [0.15, 0.2) is 11.5 Å². The van der Waals surface area contributed by atoms with E-state index >= 15 is 0 Å². The van der Waals surface area contributed by atoms with Gasteiger partial charge in [-0.25, -0.2) is 0 Å². The van der Waals surface area contributed by atoms with Crippen molar-refractivity contribution < 1.29 is 14.6 Å². The molecule has 0 radical (unpaired) electrons. The minimum Gasteiger partial charge on any atom is -0.506 e. The number of nitrogens with zero attached hydrogens (tertiary/aromatic N) is 1. The number of phenols is 1. The van der Waals surface area contributed by atoms with Crippen molar-refractivity contribution in [2.75, 3.05) is 7.11 Å². The van der Waals surface area contributed by atoms with Gasteiger partial charge in [0.05, 0.1) is 7.11 Å². The SMILES string of the molecule is COc1cccc(C=Nc2cc(Cl)ccc2O)c1OCc1ccccc1. The van der Waals surface area contributed by atoms with Crippen molar-refractivity contribution in [3.8, 4) is 17.2 Å². The lowest BCUT2D eigenvalue weighted by Gasteiger charge is -2.13. The summed E-state index contributed by atoms with van der Waals surface area (Å²) in [5, 5.41) is 10.4. The van der Waals surface area contributed by atoms with Crippen molar-refractivity contribution in [3.63, 3.8) is 0 Å². The second-order valence-electron chi connectivity index (χ2n) is 5.54. The standard InChI is InChI=1S/C21H18ClNO3/c1-25-20-9-5-8-16(13-23-18-12-17(22)10-11-19(18)24)21(20)26-14-15-6-3-2-4-7-15/h2-13,24H,14H2,1H3. The highest BCUT2D eigenvalue weighted by Gasteiger charge is 2.10. The lowest BCUT2D eigenvalue weighted by molar-refractivity contribution is 0.284. The number of para-hydroxylation sites is 1. The molecule has 4 nitrogen and oxygen atoms in total. The molecular formula is C21H18ClNO3. The van der Waals surface area contributed by atoms with Crippen LogP contribution in [-0.2, 0) is 6.61 Å². The molecule has 0 saturated heterocycles. The third kappa shape index (κ3) is 4.35. The van der Waals surface area contributed by atoms with E-state index < -0.39 is 0 Å². The Bertz CT molecular complexity index is 910. The van der Waals surface area contributed by atoms with Crippen LogP contribution in [0.3, 0.4) is 0 Å². The predicted molar refractivity (Wildman–Crippen MR) is 104 cm³/mol. The summed E-state index contributed by atoms with van der Waals surface area (Å²) in [5.74, 6) is 1.25. The molecule has 0 aromatic heterocycles. The van der Waals surface area contributed by atoms with Crippen LogP contribution in [-0.4, -0.2) is 18.4 Å². The molecule has 1 N–H and O–H groups in total. The highest BCUT2D eigenvalue weighted by Crippen LogP contribution is 2.33. The number of halogens is 1. The third-order valence-electron chi connectivity index (χ3n) is 3.74. The van der Waals surface area contributed by atoms with Gasteiger partial charge >= 0.3 is 0 Å². The average molecular weight is 368 g/mol. The molecule has 0 heterocycles. The van der Waals surface area contributed by atoms with Crippen LogP contribution in [0.2, 0.25) is 5.02 Å². The minimum absolute atomic E-state index is 0.0558. The van der Waals surface area contributed by atoms with Gasteiger partial charge in [-0.15, -0.1) is 0 Å². The fraction of sp³-hybridized carbons (Fsp3) is 0.0952. The third-order valence-corrected chi connectivity index (χ3v) is 3.97. The van der Waals surface area contributed by atoms with Gasteiger partial charge in [-0.3, -0.25) is 4.99 Å². The maximum Gasteiger partial charge on any atom is 0.170 e.